The highest BCUT2D eigenvalue weighted by Gasteiger charge is 2.33. The third kappa shape index (κ3) is 3.28. The number of aryl methyl sites for hydroxylation is 1. The lowest BCUT2D eigenvalue weighted by Gasteiger charge is -2.19. The standard InChI is InChI=1S/C23H24N2O3/c1-4-9-28-22-12-21-20(10-15(22)2)23(26)25-14-17(11-18(25)13-24-21)16-5-7-19(27-3)8-6-16/h5-8,10,12-14,18H,4,9,11H2,1-3H3/t18-/m0/s1. The molecule has 2 heterocycles. The highest BCUT2D eigenvalue weighted by molar-refractivity contribution is 6.05. The Kier molecular flexibility index (Phi) is 4.90. The van der Waals surface area contributed by atoms with Gasteiger partial charge in [-0.05, 0) is 48.2 Å². The first-order valence-electron chi connectivity index (χ1n) is 9.60. The molecular formula is C23H24N2O3. The highest BCUT2D eigenvalue weighted by Crippen LogP contribution is 2.37. The number of fused-ring (bicyclic) bond motifs is 2. The van der Waals surface area contributed by atoms with Crippen LogP contribution in [0.1, 0.15) is 41.3 Å². The number of carbonyl (C=O) groups is 1. The first-order valence-corrected chi connectivity index (χ1v) is 9.60. The molecule has 0 unspecified atom stereocenters. The van der Waals surface area contributed by atoms with Gasteiger partial charge in [-0.2, -0.15) is 0 Å². The van der Waals surface area contributed by atoms with Crippen LogP contribution in [0.2, 0.25) is 0 Å². The summed E-state index contributed by atoms with van der Waals surface area (Å²) < 4.78 is 11.0. The summed E-state index contributed by atoms with van der Waals surface area (Å²) in [6.07, 6.45) is 5.50. The fourth-order valence-electron chi connectivity index (χ4n) is 3.60. The lowest BCUT2D eigenvalue weighted by atomic mass is 10.0. The number of aliphatic imine (C=N–C) groups is 1. The summed E-state index contributed by atoms with van der Waals surface area (Å²) in [7, 11) is 1.65. The van der Waals surface area contributed by atoms with Crippen molar-refractivity contribution in [3.63, 3.8) is 0 Å². The summed E-state index contributed by atoms with van der Waals surface area (Å²) in [6, 6.07) is 11.6. The van der Waals surface area contributed by atoms with E-state index in [4.69, 9.17) is 9.47 Å². The average Bonchev–Trinajstić information content (AvgIpc) is 3.10. The Balaban J connectivity index is 1.64. The van der Waals surface area contributed by atoms with Crippen molar-refractivity contribution in [1.29, 1.82) is 0 Å². The molecule has 2 aromatic carbocycles. The molecule has 5 heteroatoms. The number of benzene rings is 2. The Morgan fingerprint density at radius 3 is 2.71 bits per heavy atom. The molecule has 2 aliphatic heterocycles. The SMILES string of the molecule is CCCOc1cc2c(cc1C)C(=O)N1C=C(c3ccc(OC)cc3)C[C@H]1C=N2. The van der Waals surface area contributed by atoms with Crippen LogP contribution < -0.4 is 9.47 Å². The topological polar surface area (TPSA) is 51.1 Å². The van der Waals surface area contributed by atoms with Crippen LogP contribution in [0, 0.1) is 6.92 Å². The molecule has 0 radical (unpaired) electrons. The van der Waals surface area contributed by atoms with Gasteiger partial charge in [0.25, 0.3) is 5.91 Å². The van der Waals surface area contributed by atoms with Gasteiger partial charge in [-0.1, -0.05) is 19.1 Å². The lowest BCUT2D eigenvalue weighted by molar-refractivity contribution is 0.0817. The molecular weight excluding hydrogens is 352 g/mol. The second-order valence-electron chi connectivity index (χ2n) is 7.13. The fourth-order valence-corrected chi connectivity index (χ4v) is 3.60. The second-order valence-corrected chi connectivity index (χ2v) is 7.13. The summed E-state index contributed by atoms with van der Waals surface area (Å²) in [4.78, 5) is 19.6. The van der Waals surface area contributed by atoms with E-state index < -0.39 is 0 Å². The van der Waals surface area contributed by atoms with Crippen molar-refractivity contribution in [3.05, 3.63) is 59.3 Å². The molecule has 144 valence electrons. The maximum atomic E-state index is 13.2. The minimum atomic E-state index is -0.0719. The van der Waals surface area contributed by atoms with Crippen molar-refractivity contribution in [2.75, 3.05) is 13.7 Å². The molecule has 5 nitrogen and oxygen atoms in total. The zero-order chi connectivity index (χ0) is 19.7. The number of nitrogens with zero attached hydrogens (tertiary/aromatic N) is 2. The minimum absolute atomic E-state index is 0.0221. The normalized spacial score (nSPS) is 17.7. The molecule has 2 aliphatic rings. The van der Waals surface area contributed by atoms with Gasteiger partial charge in [0.05, 0.1) is 31.0 Å². The number of hydrogen-bond donors (Lipinski definition) is 0. The monoisotopic (exact) mass is 376 g/mol. The number of rotatable bonds is 5. The molecule has 28 heavy (non-hydrogen) atoms. The second kappa shape index (κ2) is 7.50. The average molecular weight is 376 g/mol. The molecule has 0 fully saturated rings. The van der Waals surface area contributed by atoms with Crippen molar-refractivity contribution in [2.24, 2.45) is 4.99 Å². The molecule has 0 saturated heterocycles. The first kappa shape index (κ1) is 18.3. The van der Waals surface area contributed by atoms with E-state index in [0.29, 0.717) is 17.9 Å². The van der Waals surface area contributed by atoms with Crippen molar-refractivity contribution in [1.82, 2.24) is 4.90 Å². The van der Waals surface area contributed by atoms with Gasteiger partial charge in [-0.3, -0.25) is 9.79 Å². The van der Waals surface area contributed by atoms with E-state index in [-0.39, 0.29) is 11.9 Å². The Hall–Kier alpha value is -3.08. The summed E-state index contributed by atoms with van der Waals surface area (Å²) in [6.45, 7) is 4.69. The molecule has 0 N–H and O–H groups in total. The van der Waals surface area contributed by atoms with Crippen LogP contribution in [0.25, 0.3) is 5.57 Å². The predicted octanol–water partition coefficient (Wildman–Crippen LogP) is 4.76. The molecule has 0 aromatic heterocycles. The van der Waals surface area contributed by atoms with Crippen LogP contribution in [-0.4, -0.2) is 36.8 Å². The van der Waals surface area contributed by atoms with Gasteiger partial charge in [0.1, 0.15) is 11.5 Å². The van der Waals surface area contributed by atoms with E-state index in [1.54, 1.807) is 12.0 Å². The van der Waals surface area contributed by atoms with Gasteiger partial charge in [0, 0.05) is 24.9 Å². The van der Waals surface area contributed by atoms with E-state index in [2.05, 4.69) is 11.9 Å². The summed E-state index contributed by atoms with van der Waals surface area (Å²) in [5.41, 5.74) is 4.46. The number of ether oxygens (including phenoxy) is 2. The van der Waals surface area contributed by atoms with E-state index >= 15 is 0 Å². The van der Waals surface area contributed by atoms with Gasteiger partial charge in [-0.15, -0.1) is 0 Å². The zero-order valence-electron chi connectivity index (χ0n) is 16.4. The number of amides is 1. The summed E-state index contributed by atoms with van der Waals surface area (Å²) in [5, 5.41) is 0. The largest absolute Gasteiger partial charge is 0.497 e. The molecule has 4 rings (SSSR count). The lowest BCUT2D eigenvalue weighted by Crippen LogP contribution is -2.32. The molecule has 2 aromatic rings. The van der Waals surface area contributed by atoms with E-state index in [1.165, 1.54) is 0 Å². The van der Waals surface area contributed by atoms with Gasteiger partial charge < -0.3 is 14.4 Å². The van der Waals surface area contributed by atoms with Crippen LogP contribution in [0.15, 0.2) is 47.6 Å². The molecule has 0 saturated carbocycles. The number of hydrogen-bond acceptors (Lipinski definition) is 4. The van der Waals surface area contributed by atoms with Crippen LogP contribution in [-0.2, 0) is 0 Å². The predicted molar refractivity (Wildman–Crippen MR) is 111 cm³/mol. The van der Waals surface area contributed by atoms with Crippen LogP contribution in [0.4, 0.5) is 5.69 Å². The third-order valence-corrected chi connectivity index (χ3v) is 5.15. The van der Waals surface area contributed by atoms with Crippen LogP contribution >= 0.6 is 0 Å². The fraction of sp³-hybridized carbons (Fsp3) is 0.304. The van der Waals surface area contributed by atoms with Gasteiger partial charge in [0.15, 0.2) is 0 Å². The maximum absolute atomic E-state index is 13.2. The van der Waals surface area contributed by atoms with E-state index in [9.17, 15) is 4.79 Å². The molecule has 0 spiro atoms. The molecule has 0 bridgehead atoms. The van der Waals surface area contributed by atoms with Crippen molar-refractivity contribution < 1.29 is 14.3 Å². The Morgan fingerprint density at radius 2 is 2.00 bits per heavy atom. The van der Waals surface area contributed by atoms with E-state index in [0.717, 1.165) is 41.0 Å². The molecule has 1 amide bonds. The van der Waals surface area contributed by atoms with Crippen LogP contribution in [0.5, 0.6) is 11.5 Å². The first-order chi connectivity index (χ1) is 13.6. The third-order valence-electron chi connectivity index (χ3n) is 5.15. The minimum Gasteiger partial charge on any atom is -0.497 e. The molecule has 1 atom stereocenters. The Labute approximate surface area is 165 Å². The Bertz CT molecular complexity index is 961. The maximum Gasteiger partial charge on any atom is 0.260 e. The summed E-state index contributed by atoms with van der Waals surface area (Å²) in [5.74, 6) is 1.59. The summed E-state index contributed by atoms with van der Waals surface area (Å²) >= 11 is 0. The van der Waals surface area contributed by atoms with Crippen LogP contribution in [0.3, 0.4) is 0 Å². The van der Waals surface area contributed by atoms with Gasteiger partial charge in [-0.25, -0.2) is 0 Å². The Morgan fingerprint density at radius 1 is 1.21 bits per heavy atom. The van der Waals surface area contributed by atoms with Crippen molar-refractivity contribution >= 4 is 23.4 Å². The van der Waals surface area contributed by atoms with Gasteiger partial charge >= 0.3 is 0 Å². The van der Waals surface area contributed by atoms with E-state index in [1.807, 2.05) is 55.7 Å². The quantitative estimate of drug-likeness (QED) is 0.756. The highest BCUT2D eigenvalue weighted by atomic mass is 16.5. The van der Waals surface area contributed by atoms with Crippen molar-refractivity contribution in [2.45, 2.75) is 32.7 Å². The zero-order valence-corrected chi connectivity index (χ0v) is 16.4. The van der Waals surface area contributed by atoms with Gasteiger partial charge in [0.2, 0.25) is 0 Å². The number of carbonyl (C=O) groups excluding carboxylic acids is 1. The smallest absolute Gasteiger partial charge is 0.260 e. The van der Waals surface area contributed by atoms with Crippen molar-refractivity contribution in [3.8, 4) is 11.5 Å². The number of methoxy groups -OCH3 is 1. The molecule has 0 aliphatic carbocycles.